The summed E-state index contributed by atoms with van der Waals surface area (Å²) in [5, 5.41) is 2.28. The fourth-order valence-electron chi connectivity index (χ4n) is 6.43. The maximum Gasteiger partial charge on any atom is 0.0726 e. The van der Waals surface area contributed by atoms with Crippen molar-refractivity contribution in [1.82, 2.24) is 0 Å². The van der Waals surface area contributed by atoms with E-state index in [-0.39, 0.29) is 0 Å². The van der Waals surface area contributed by atoms with Crippen molar-refractivity contribution in [3.63, 3.8) is 0 Å². The first-order valence-corrected chi connectivity index (χ1v) is 9.33. The first kappa shape index (κ1) is 16.3. The molecule has 1 heteroatoms. The maximum absolute atomic E-state index is 4.53. The molecule has 0 spiro atoms. The second-order valence-electron chi connectivity index (χ2n) is 8.95. The van der Waals surface area contributed by atoms with Crippen LogP contribution in [-0.2, 0) is 0 Å². The SMILES string of the molecule is C=C(C)C[C@@H]1C[C@H](C)[C@H]2CC[C@](C)([NH2+][CH2-])[C@H]3CCC(=C)[C@@H]1[C@H]23. The molecule has 0 aromatic carbocycles. The maximum atomic E-state index is 4.53. The average molecular weight is 302 g/mol. The first-order valence-electron chi connectivity index (χ1n) is 9.33. The van der Waals surface area contributed by atoms with Crippen LogP contribution >= 0.6 is 0 Å². The summed E-state index contributed by atoms with van der Waals surface area (Å²) >= 11 is 0. The minimum atomic E-state index is 0.352. The number of hydrogen-bond donors (Lipinski definition) is 1. The molecule has 1 nitrogen and oxygen atoms in total. The molecular weight excluding hydrogens is 266 g/mol. The smallest absolute Gasteiger partial charge is 0.0726 e. The van der Waals surface area contributed by atoms with Crippen molar-refractivity contribution in [3.05, 3.63) is 31.4 Å². The molecule has 0 saturated heterocycles. The van der Waals surface area contributed by atoms with E-state index in [4.69, 9.17) is 0 Å². The Kier molecular flexibility index (Phi) is 4.31. The van der Waals surface area contributed by atoms with Gasteiger partial charge in [0.05, 0.1) is 5.54 Å². The quantitative estimate of drug-likeness (QED) is 0.590. The summed E-state index contributed by atoms with van der Waals surface area (Å²) in [7, 11) is 4.21. The third kappa shape index (κ3) is 2.50. The van der Waals surface area contributed by atoms with Crippen LogP contribution in [0.15, 0.2) is 24.3 Å². The molecule has 3 aliphatic rings. The van der Waals surface area contributed by atoms with E-state index in [1.54, 1.807) is 5.57 Å². The normalized spacial score (nSPS) is 47.9. The summed E-state index contributed by atoms with van der Waals surface area (Å²) in [6, 6.07) is 0. The Morgan fingerprint density at radius 2 is 2.14 bits per heavy atom. The molecule has 7 atom stereocenters. The van der Waals surface area contributed by atoms with Crippen LogP contribution in [0.3, 0.4) is 0 Å². The second-order valence-corrected chi connectivity index (χ2v) is 8.95. The van der Waals surface area contributed by atoms with Crippen molar-refractivity contribution in [1.29, 1.82) is 0 Å². The molecule has 3 fully saturated rings. The standard InChI is InChI=1S/C21H35N/c1-13(2)11-16-12-15(4)17-9-10-21(5,22-6)18-8-7-14(3)19(16)20(17)18/h15-20H,1,3,6-12,22H2,2,4-5H3/t15-,16+,17+,18-,19-,20+,21-/m0/s1. The first-order chi connectivity index (χ1) is 10.4. The zero-order chi connectivity index (χ0) is 16.1. The highest BCUT2D eigenvalue weighted by Gasteiger charge is 2.56. The van der Waals surface area contributed by atoms with Gasteiger partial charge in [-0.1, -0.05) is 24.6 Å². The highest BCUT2D eigenvalue weighted by molar-refractivity contribution is 5.18. The van der Waals surface area contributed by atoms with Gasteiger partial charge in [0, 0.05) is 12.3 Å². The zero-order valence-electron chi connectivity index (χ0n) is 14.9. The van der Waals surface area contributed by atoms with Crippen molar-refractivity contribution in [3.8, 4) is 0 Å². The van der Waals surface area contributed by atoms with Crippen LogP contribution in [0.5, 0.6) is 0 Å². The monoisotopic (exact) mass is 301 g/mol. The molecular formula is C21H35N. The lowest BCUT2D eigenvalue weighted by molar-refractivity contribution is -0.688. The Morgan fingerprint density at radius 1 is 1.41 bits per heavy atom. The average Bonchev–Trinajstić information content (AvgIpc) is 2.45. The van der Waals surface area contributed by atoms with Crippen molar-refractivity contribution in [2.45, 2.75) is 64.8 Å². The van der Waals surface area contributed by atoms with Crippen LogP contribution in [0.25, 0.3) is 0 Å². The molecule has 0 amide bonds. The number of rotatable bonds is 3. The third-order valence-corrected chi connectivity index (χ3v) is 7.48. The molecule has 0 heterocycles. The predicted octanol–water partition coefficient (Wildman–Crippen LogP) is 4.33. The lowest BCUT2D eigenvalue weighted by atomic mass is 9.46. The van der Waals surface area contributed by atoms with Gasteiger partial charge in [0.25, 0.3) is 0 Å². The van der Waals surface area contributed by atoms with Crippen molar-refractivity contribution < 1.29 is 5.32 Å². The Morgan fingerprint density at radius 3 is 2.77 bits per heavy atom. The minimum Gasteiger partial charge on any atom is -0.474 e. The molecule has 3 aliphatic carbocycles. The van der Waals surface area contributed by atoms with Gasteiger partial charge >= 0.3 is 0 Å². The van der Waals surface area contributed by atoms with Crippen molar-refractivity contribution >= 4 is 0 Å². The summed E-state index contributed by atoms with van der Waals surface area (Å²) in [4.78, 5) is 0. The molecule has 0 unspecified atom stereocenters. The largest absolute Gasteiger partial charge is 0.474 e. The van der Waals surface area contributed by atoms with Crippen molar-refractivity contribution in [2.75, 3.05) is 0 Å². The van der Waals surface area contributed by atoms with Gasteiger partial charge in [-0.3, -0.25) is 0 Å². The van der Waals surface area contributed by atoms with Gasteiger partial charge < -0.3 is 5.32 Å². The zero-order valence-corrected chi connectivity index (χ0v) is 14.9. The molecule has 3 rings (SSSR count). The van der Waals surface area contributed by atoms with Gasteiger partial charge in [0.1, 0.15) is 0 Å². The molecule has 0 aliphatic heterocycles. The van der Waals surface area contributed by atoms with Crippen LogP contribution in [-0.4, -0.2) is 5.54 Å². The van der Waals surface area contributed by atoms with Gasteiger partial charge in [-0.2, -0.15) is 7.05 Å². The topological polar surface area (TPSA) is 16.6 Å². The van der Waals surface area contributed by atoms with Crippen LogP contribution < -0.4 is 5.32 Å². The van der Waals surface area contributed by atoms with Gasteiger partial charge in [-0.25, -0.2) is 0 Å². The van der Waals surface area contributed by atoms with Crippen molar-refractivity contribution in [2.24, 2.45) is 35.5 Å². The van der Waals surface area contributed by atoms with E-state index in [1.807, 2.05) is 0 Å². The van der Waals surface area contributed by atoms with E-state index < -0.39 is 0 Å². The summed E-state index contributed by atoms with van der Waals surface area (Å²) in [5.41, 5.74) is 3.26. The third-order valence-electron chi connectivity index (χ3n) is 7.48. The summed E-state index contributed by atoms with van der Waals surface area (Å²) in [6.07, 6.45) is 7.91. The summed E-state index contributed by atoms with van der Waals surface area (Å²) in [5.74, 6) is 5.00. The Bertz CT molecular complexity index is 465. The summed E-state index contributed by atoms with van der Waals surface area (Å²) in [6.45, 7) is 15.9. The van der Waals surface area contributed by atoms with E-state index in [2.05, 4.69) is 46.3 Å². The van der Waals surface area contributed by atoms with Crippen LogP contribution in [0.4, 0.5) is 0 Å². The molecule has 22 heavy (non-hydrogen) atoms. The molecule has 2 N–H and O–H groups in total. The summed E-state index contributed by atoms with van der Waals surface area (Å²) < 4.78 is 0. The van der Waals surface area contributed by atoms with E-state index in [9.17, 15) is 0 Å². The lowest BCUT2D eigenvalue weighted by Crippen LogP contribution is -2.94. The minimum absolute atomic E-state index is 0.352. The second kappa shape index (κ2) is 5.82. The lowest BCUT2D eigenvalue weighted by Gasteiger charge is -2.60. The molecule has 3 saturated carbocycles. The van der Waals surface area contributed by atoms with Crippen LogP contribution in [0.2, 0.25) is 0 Å². The molecule has 0 radical (unpaired) electrons. The highest BCUT2D eigenvalue weighted by atomic mass is 15.0. The molecule has 0 aromatic rings. The Hall–Kier alpha value is -0.560. The van der Waals surface area contributed by atoms with E-state index in [1.165, 1.54) is 44.1 Å². The van der Waals surface area contributed by atoms with Gasteiger partial charge in [-0.05, 0) is 75.5 Å². The van der Waals surface area contributed by atoms with Gasteiger partial charge in [0.2, 0.25) is 0 Å². The van der Waals surface area contributed by atoms with E-state index >= 15 is 0 Å². The molecule has 0 aromatic heterocycles. The molecule has 124 valence electrons. The predicted molar refractivity (Wildman–Crippen MR) is 94.0 cm³/mol. The number of quaternary nitrogens is 1. The number of nitrogens with two attached hydrogens (primary N) is 1. The van der Waals surface area contributed by atoms with E-state index in [0.29, 0.717) is 5.54 Å². The Labute approximate surface area is 137 Å². The highest BCUT2D eigenvalue weighted by Crippen LogP contribution is 2.59. The number of hydrogen-bond acceptors (Lipinski definition) is 0. The number of allylic oxidation sites excluding steroid dienone is 2. The fraction of sp³-hybridized carbons (Fsp3) is 0.762. The van der Waals surface area contributed by atoms with Gasteiger partial charge in [0.15, 0.2) is 0 Å². The van der Waals surface area contributed by atoms with Gasteiger partial charge in [-0.15, -0.1) is 6.58 Å². The Balaban J connectivity index is 1.96. The van der Waals surface area contributed by atoms with E-state index in [0.717, 1.165) is 35.5 Å². The van der Waals surface area contributed by atoms with Crippen LogP contribution in [0.1, 0.15) is 59.3 Å². The fourth-order valence-corrected chi connectivity index (χ4v) is 6.43. The molecule has 0 bridgehead atoms. The van der Waals surface area contributed by atoms with Crippen LogP contribution in [0, 0.1) is 42.6 Å².